The molecule has 28 heavy (non-hydrogen) atoms. The van der Waals surface area contributed by atoms with Crippen LogP contribution in [0.4, 0.5) is 17.3 Å². The highest BCUT2D eigenvalue weighted by Crippen LogP contribution is 2.20. The third-order valence-electron chi connectivity index (χ3n) is 5.20. The highest BCUT2D eigenvalue weighted by molar-refractivity contribution is 5.59. The Morgan fingerprint density at radius 2 is 1.89 bits per heavy atom. The Kier molecular flexibility index (Phi) is 6.57. The molecule has 7 nitrogen and oxygen atoms in total. The van der Waals surface area contributed by atoms with Crippen LogP contribution < -0.4 is 15.4 Å². The number of hydrogen-bond donors (Lipinski definition) is 2. The SMILES string of the molecule is c1nc(NCC2CCCO2)cc(Nc2ccc(OCCN3CCCC3)cc2)n1. The fraction of sp³-hybridized carbons (Fsp3) is 0.524. The fourth-order valence-electron chi connectivity index (χ4n) is 3.63. The molecule has 2 saturated heterocycles. The Bertz CT molecular complexity index is 728. The van der Waals surface area contributed by atoms with Gasteiger partial charge >= 0.3 is 0 Å². The van der Waals surface area contributed by atoms with Crippen molar-refractivity contribution in [3.05, 3.63) is 36.7 Å². The molecule has 0 amide bonds. The maximum absolute atomic E-state index is 5.86. The third-order valence-corrected chi connectivity index (χ3v) is 5.20. The molecular weight excluding hydrogens is 354 g/mol. The molecule has 1 unspecified atom stereocenters. The zero-order chi connectivity index (χ0) is 19.0. The summed E-state index contributed by atoms with van der Waals surface area (Å²) in [5.74, 6) is 2.45. The molecule has 1 aromatic carbocycles. The molecule has 1 aromatic heterocycles. The smallest absolute Gasteiger partial charge is 0.135 e. The molecular formula is C21H29N5O2. The lowest BCUT2D eigenvalue weighted by molar-refractivity contribution is 0.120. The Labute approximate surface area is 166 Å². The monoisotopic (exact) mass is 383 g/mol. The number of benzene rings is 1. The molecule has 150 valence electrons. The average Bonchev–Trinajstić information content (AvgIpc) is 3.42. The topological polar surface area (TPSA) is 71.5 Å². The number of rotatable bonds is 9. The van der Waals surface area contributed by atoms with E-state index in [0.29, 0.717) is 0 Å². The van der Waals surface area contributed by atoms with Crippen molar-refractivity contribution in [2.24, 2.45) is 0 Å². The summed E-state index contributed by atoms with van der Waals surface area (Å²) in [5.41, 5.74) is 0.968. The van der Waals surface area contributed by atoms with Crippen molar-refractivity contribution in [2.75, 3.05) is 50.0 Å². The number of nitrogens with zero attached hydrogens (tertiary/aromatic N) is 3. The zero-order valence-electron chi connectivity index (χ0n) is 16.3. The van der Waals surface area contributed by atoms with Gasteiger partial charge in [0.05, 0.1) is 6.10 Å². The average molecular weight is 383 g/mol. The summed E-state index contributed by atoms with van der Waals surface area (Å²) in [7, 11) is 0. The van der Waals surface area contributed by atoms with E-state index < -0.39 is 0 Å². The predicted octanol–water partition coefficient (Wildman–Crippen LogP) is 3.29. The van der Waals surface area contributed by atoms with Crippen LogP contribution in [0.15, 0.2) is 36.7 Å². The summed E-state index contributed by atoms with van der Waals surface area (Å²) in [6, 6.07) is 9.91. The minimum atomic E-state index is 0.282. The first kappa shape index (κ1) is 19.0. The second-order valence-corrected chi connectivity index (χ2v) is 7.35. The summed E-state index contributed by atoms with van der Waals surface area (Å²) >= 11 is 0. The second-order valence-electron chi connectivity index (χ2n) is 7.35. The zero-order valence-corrected chi connectivity index (χ0v) is 16.3. The van der Waals surface area contributed by atoms with Gasteiger partial charge in [-0.3, -0.25) is 4.90 Å². The Balaban J connectivity index is 1.24. The number of anilines is 3. The first-order valence-corrected chi connectivity index (χ1v) is 10.2. The van der Waals surface area contributed by atoms with Crippen molar-refractivity contribution in [1.29, 1.82) is 0 Å². The summed E-state index contributed by atoms with van der Waals surface area (Å²) < 4.78 is 11.5. The van der Waals surface area contributed by atoms with Crippen molar-refractivity contribution in [1.82, 2.24) is 14.9 Å². The van der Waals surface area contributed by atoms with Crippen molar-refractivity contribution < 1.29 is 9.47 Å². The first-order valence-electron chi connectivity index (χ1n) is 10.2. The van der Waals surface area contributed by atoms with Crippen LogP contribution in [-0.4, -0.2) is 60.4 Å². The number of ether oxygens (including phenoxy) is 2. The van der Waals surface area contributed by atoms with Gasteiger partial charge in [-0.1, -0.05) is 0 Å². The van der Waals surface area contributed by atoms with E-state index in [-0.39, 0.29) is 6.10 Å². The highest BCUT2D eigenvalue weighted by Gasteiger charge is 2.15. The Morgan fingerprint density at radius 3 is 2.68 bits per heavy atom. The van der Waals surface area contributed by atoms with Crippen LogP contribution in [0.1, 0.15) is 25.7 Å². The van der Waals surface area contributed by atoms with Crippen molar-refractivity contribution in [3.8, 4) is 5.75 Å². The van der Waals surface area contributed by atoms with Gasteiger partial charge in [0.15, 0.2) is 0 Å². The molecule has 0 spiro atoms. The number of likely N-dealkylation sites (tertiary alicyclic amines) is 1. The van der Waals surface area contributed by atoms with E-state index in [0.717, 1.165) is 62.2 Å². The molecule has 2 aromatic rings. The van der Waals surface area contributed by atoms with Crippen LogP contribution in [0, 0.1) is 0 Å². The molecule has 0 saturated carbocycles. The summed E-state index contributed by atoms with van der Waals surface area (Å²) in [5, 5.41) is 6.64. The molecule has 2 aliphatic rings. The second kappa shape index (κ2) is 9.71. The Hall–Kier alpha value is -2.38. The number of hydrogen-bond acceptors (Lipinski definition) is 7. The lowest BCUT2D eigenvalue weighted by Gasteiger charge is -2.15. The maximum Gasteiger partial charge on any atom is 0.135 e. The Morgan fingerprint density at radius 1 is 1.07 bits per heavy atom. The number of aromatic nitrogens is 2. The lowest BCUT2D eigenvalue weighted by Crippen LogP contribution is -2.25. The van der Waals surface area contributed by atoms with Crippen LogP contribution in [-0.2, 0) is 4.74 Å². The molecule has 3 heterocycles. The van der Waals surface area contributed by atoms with Gasteiger partial charge in [0.2, 0.25) is 0 Å². The van der Waals surface area contributed by atoms with Gasteiger partial charge in [-0.25, -0.2) is 9.97 Å². The molecule has 0 bridgehead atoms. The normalized spacial score (nSPS) is 19.6. The van der Waals surface area contributed by atoms with Crippen LogP contribution >= 0.6 is 0 Å². The molecule has 0 radical (unpaired) electrons. The maximum atomic E-state index is 5.86. The molecule has 2 fully saturated rings. The van der Waals surface area contributed by atoms with Gasteiger partial charge in [-0.15, -0.1) is 0 Å². The highest BCUT2D eigenvalue weighted by atomic mass is 16.5. The molecule has 4 rings (SSSR count). The summed E-state index contributed by atoms with van der Waals surface area (Å²) in [6.07, 6.45) is 6.72. The molecule has 0 aliphatic carbocycles. The fourth-order valence-corrected chi connectivity index (χ4v) is 3.63. The van der Waals surface area contributed by atoms with Crippen LogP contribution in [0.2, 0.25) is 0 Å². The van der Waals surface area contributed by atoms with E-state index >= 15 is 0 Å². The summed E-state index contributed by atoms with van der Waals surface area (Å²) in [4.78, 5) is 11.0. The van der Waals surface area contributed by atoms with Crippen LogP contribution in [0.5, 0.6) is 5.75 Å². The quantitative estimate of drug-likeness (QED) is 0.688. The van der Waals surface area contributed by atoms with Gasteiger partial charge in [-0.05, 0) is 63.0 Å². The van der Waals surface area contributed by atoms with Gasteiger partial charge in [-0.2, -0.15) is 0 Å². The standard InChI is InChI=1S/C21H29N5O2/c1-2-10-26(9-1)11-13-28-18-7-5-17(6-8-18)25-21-14-20(23-16-24-21)22-15-19-4-3-12-27-19/h5-8,14,16,19H,1-4,9-13,15H2,(H2,22,23,24,25). The minimum Gasteiger partial charge on any atom is -0.492 e. The molecule has 7 heteroatoms. The predicted molar refractivity (Wildman–Crippen MR) is 110 cm³/mol. The van der Waals surface area contributed by atoms with E-state index in [2.05, 4.69) is 25.5 Å². The van der Waals surface area contributed by atoms with E-state index in [1.807, 2.05) is 30.3 Å². The molecule has 1 atom stereocenters. The molecule has 2 aliphatic heterocycles. The molecule has 2 N–H and O–H groups in total. The van der Waals surface area contributed by atoms with Crippen molar-refractivity contribution >= 4 is 17.3 Å². The van der Waals surface area contributed by atoms with Gasteiger partial charge in [0.1, 0.15) is 30.3 Å². The summed E-state index contributed by atoms with van der Waals surface area (Å²) in [6.45, 7) is 5.78. The number of nitrogens with one attached hydrogen (secondary N) is 2. The van der Waals surface area contributed by atoms with Crippen LogP contribution in [0.25, 0.3) is 0 Å². The van der Waals surface area contributed by atoms with E-state index in [1.54, 1.807) is 6.33 Å². The third kappa shape index (κ3) is 5.56. The van der Waals surface area contributed by atoms with E-state index in [1.165, 1.54) is 25.9 Å². The van der Waals surface area contributed by atoms with Gasteiger partial charge in [0.25, 0.3) is 0 Å². The van der Waals surface area contributed by atoms with Crippen LogP contribution in [0.3, 0.4) is 0 Å². The first-order chi connectivity index (χ1) is 13.8. The lowest BCUT2D eigenvalue weighted by atomic mass is 10.2. The largest absolute Gasteiger partial charge is 0.492 e. The van der Waals surface area contributed by atoms with Crippen molar-refractivity contribution in [2.45, 2.75) is 31.8 Å². The van der Waals surface area contributed by atoms with Gasteiger partial charge < -0.3 is 20.1 Å². The van der Waals surface area contributed by atoms with E-state index in [9.17, 15) is 0 Å². The van der Waals surface area contributed by atoms with E-state index in [4.69, 9.17) is 9.47 Å². The van der Waals surface area contributed by atoms with Gasteiger partial charge in [0, 0.05) is 31.5 Å². The van der Waals surface area contributed by atoms with Crippen molar-refractivity contribution in [3.63, 3.8) is 0 Å². The minimum absolute atomic E-state index is 0.282.